The van der Waals surface area contributed by atoms with Crippen LogP contribution >= 0.6 is 27.5 Å². The Morgan fingerprint density at radius 2 is 1.80 bits per heavy atom. The molecule has 84 valence electrons. The van der Waals surface area contributed by atoms with E-state index in [1.807, 2.05) is 12.1 Å². The van der Waals surface area contributed by atoms with Crippen LogP contribution in [-0.4, -0.2) is 5.33 Å². The van der Waals surface area contributed by atoms with Crippen LogP contribution in [0.25, 0.3) is 0 Å². The number of halogens is 2. The van der Waals surface area contributed by atoms with Crippen molar-refractivity contribution in [2.24, 2.45) is 11.3 Å². The van der Waals surface area contributed by atoms with Crippen LogP contribution in [0.15, 0.2) is 24.3 Å². The highest BCUT2D eigenvalue weighted by Gasteiger charge is 2.27. The minimum atomic E-state index is 0.313. The summed E-state index contributed by atoms with van der Waals surface area (Å²) in [4.78, 5) is 0. The Hall–Kier alpha value is -0.0100. The molecule has 0 bridgehead atoms. The van der Waals surface area contributed by atoms with Crippen LogP contribution in [0.3, 0.4) is 0 Å². The molecule has 1 unspecified atom stereocenters. The standard InChI is InChI=1S/C13H18BrCl/c1-10(2)13(3,9-14)8-11-4-6-12(15)7-5-11/h4-7,10H,8-9H2,1-3H3. The molecule has 0 N–H and O–H groups in total. The van der Waals surface area contributed by atoms with Gasteiger partial charge in [0.25, 0.3) is 0 Å². The fourth-order valence-electron chi connectivity index (χ4n) is 1.47. The van der Waals surface area contributed by atoms with Crippen LogP contribution < -0.4 is 0 Å². The highest BCUT2D eigenvalue weighted by molar-refractivity contribution is 9.09. The largest absolute Gasteiger partial charge is 0.0922 e. The first-order valence-corrected chi connectivity index (χ1v) is 6.78. The molecule has 15 heavy (non-hydrogen) atoms. The third kappa shape index (κ3) is 3.49. The summed E-state index contributed by atoms with van der Waals surface area (Å²) in [6, 6.07) is 8.16. The van der Waals surface area contributed by atoms with Crippen LogP contribution in [0.5, 0.6) is 0 Å². The number of hydrogen-bond donors (Lipinski definition) is 0. The van der Waals surface area contributed by atoms with Crippen molar-refractivity contribution < 1.29 is 0 Å². The molecule has 0 amide bonds. The van der Waals surface area contributed by atoms with E-state index in [0.29, 0.717) is 11.3 Å². The zero-order chi connectivity index (χ0) is 11.5. The lowest BCUT2D eigenvalue weighted by Gasteiger charge is -2.32. The normalized spacial score (nSPS) is 15.3. The molecule has 2 heteroatoms. The fraction of sp³-hybridized carbons (Fsp3) is 0.538. The number of benzene rings is 1. The minimum absolute atomic E-state index is 0.313. The number of hydrogen-bond acceptors (Lipinski definition) is 0. The summed E-state index contributed by atoms with van der Waals surface area (Å²) in [7, 11) is 0. The first-order valence-electron chi connectivity index (χ1n) is 5.28. The smallest absolute Gasteiger partial charge is 0.0406 e. The third-order valence-corrected chi connectivity index (χ3v) is 4.75. The van der Waals surface area contributed by atoms with Gasteiger partial charge in [0.2, 0.25) is 0 Å². The van der Waals surface area contributed by atoms with E-state index < -0.39 is 0 Å². The third-order valence-electron chi connectivity index (χ3n) is 3.22. The molecule has 1 rings (SSSR count). The van der Waals surface area contributed by atoms with Gasteiger partial charge in [-0.1, -0.05) is 60.4 Å². The maximum Gasteiger partial charge on any atom is 0.0406 e. The first-order chi connectivity index (χ1) is 6.98. The molecular formula is C13H18BrCl. The molecule has 0 radical (unpaired) electrons. The Bertz CT molecular complexity index is 305. The summed E-state index contributed by atoms with van der Waals surface area (Å²) in [5.74, 6) is 0.660. The highest BCUT2D eigenvalue weighted by atomic mass is 79.9. The molecule has 0 aliphatic rings. The van der Waals surface area contributed by atoms with Crippen molar-refractivity contribution >= 4 is 27.5 Å². The van der Waals surface area contributed by atoms with E-state index in [2.05, 4.69) is 48.8 Å². The zero-order valence-corrected chi connectivity index (χ0v) is 11.9. The lowest BCUT2D eigenvalue weighted by molar-refractivity contribution is 0.258. The summed E-state index contributed by atoms with van der Waals surface area (Å²) in [5, 5.41) is 1.84. The molecule has 0 saturated heterocycles. The Morgan fingerprint density at radius 1 is 1.27 bits per heavy atom. The summed E-state index contributed by atoms with van der Waals surface area (Å²) in [6.07, 6.45) is 1.09. The first kappa shape index (κ1) is 13.1. The van der Waals surface area contributed by atoms with Crippen LogP contribution in [0.4, 0.5) is 0 Å². The molecule has 0 spiro atoms. The van der Waals surface area contributed by atoms with Gasteiger partial charge in [-0.15, -0.1) is 0 Å². The summed E-state index contributed by atoms with van der Waals surface area (Å²) in [6.45, 7) is 6.87. The second-order valence-corrected chi connectivity index (χ2v) is 5.74. The van der Waals surface area contributed by atoms with Gasteiger partial charge in [-0.05, 0) is 35.4 Å². The van der Waals surface area contributed by atoms with Gasteiger partial charge in [-0.25, -0.2) is 0 Å². The monoisotopic (exact) mass is 288 g/mol. The van der Waals surface area contributed by atoms with Crippen molar-refractivity contribution in [2.45, 2.75) is 27.2 Å². The van der Waals surface area contributed by atoms with Crippen LogP contribution in [-0.2, 0) is 6.42 Å². The second kappa shape index (κ2) is 5.36. The van der Waals surface area contributed by atoms with Gasteiger partial charge >= 0.3 is 0 Å². The molecular weight excluding hydrogens is 272 g/mol. The average Bonchev–Trinajstić information content (AvgIpc) is 2.21. The molecule has 1 aromatic rings. The molecule has 0 nitrogen and oxygen atoms in total. The highest BCUT2D eigenvalue weighted by Crippen LogP contribution is 2.33. The summed E-state index contributed by atoms with van der Waals surface area (Å²) < 4.78 is 0. The fourth-order valence-corrected chi connectivity index (χ4v) is 2.45. The molecule has 0 heterocycles. The topological polar surface area (TPSA) is 0 Å². The lowest BCUT2D eigenvalue weighted by atomic mass is 9.76. The SMILES string of the molecule is CC(C)C(C)(CBr)Cc1ccc(Cl)cc1. The van der Waals surface area contributed by atoms with Crippen molar-refractivity contribution in [2.75, 3.05) is 5.33 Å². The Kier molecular flexibility index (Phi) is 4.66. The van der Waals surface area contributed by atoms with Crippen molar-refractivity contribution in [3.63, 3.8) is 0 Å². The zero-order valence-electron chi connectivity index (χ0n) is 9.56. The maximum atomic E-state index is 5.87. The second-order valence-electron chi connectivity index (χ2n) is 4.75. The molecule has 0 fully saturated rings. The van der Waals surface area contributed by atoms with Crippen LogP contribution in [0.1, 0.15) is 26.3 Å². The van der Waals surface area contributed by atoms with Gasteiger partial charge in [0.1, 0.15) is 0 Å². The predicted molar refractivity (Wildman–Crippen MR) is 71.9 cm³/mol. The Morgan fingerprint density at radius 3 is 2.20 bits per heavy atom. The van der Waals surface area contributed by atoms with E-state index in [1.54, 1.807) is 0 Å². The van der Waals surface area contributed by atoms with Gasteiger partial charge in [-0.3, -0.25) is 0 Å². The molecule has 0 aliphatic carbocycles. The van der Waals surface area contributed by atoms with E-state index in [9.17, 15) is 0 Å². The van der Waals surface area contributed by atoms with Gasteiger partial charge in [0.05, 0.1) is 0 Å². The Balaban J connectivity index is 2.79. The quantitative estimate of drug-likeness (QED) is 0.689. The van der Waals surface area contributed by atoms with Crippen LogP contribution in [0, 0.1) is 11.3 Å². The van der Waals surface area contributed by atoms with E-state index >= 15 is 0 Å². The van der Waals surface area contributed by atoms with Crippen molar-refractivity contribution in [3.05, 3.63) is 34.9 Å². The Labute approximate surface area is 106 Å². The van der Waals surface area contributed by atoms with Crippen molar-refractivity contribution in [3.8, 4) is 0 Å². The van der Waals surface area contributed by atoms with Crippen molar-refractivity contribution in [1.29, 1.82) is 0 Å². The van der Waals surface area contributed by atoms with Gasteiger partial charge < -0.3 is 0 Å². The van der Waals surface area contributed by atoms with Gasteiger partial charge in [0, 0.05) is 10.4 Å². The lowest BCUT2D eigenvalue weighted by Crippen LogP contribution is -2.27. The summed E-state index contributed by atoms with van der Waals surface area (Å²) in [5.41, 5.74) is 1.67. The van der Waals surface area contributed by atoms with Gasteiger partial charge in [-0.2, -0.15) is 0 Å². The number of alkyl halides is 1. The summed E-state index contributed by atoms with van der Waals surface area (Å²) >= 11 is 9.49. The number of rotatable bonds is 4. The molecule has 1 atom stereocenters. The van der Waals surface area contributed by atoms with E-state index in [0.717, 1.165) is 16.8 Å². The average molecular weight is 290 g/mol. The molecule has 0 aromatic heterocycles. The minimum Gasteiger partial charge on any atom is -0.0922 e. The van der Waals surface area contributed by atoms with Crippen LogP contribution in [0.2, 0.25) is 5.02 Å². The van der Waals surface area contributed by atoms with E-state index in [4.69, 9.17) is 11.6 Å². The van der Waals surface area contributed by atoms with Crippen molar-refractivity contribution in [1.82, 2.24) is 0 Å². The predicted octanol–water partition coefficient (Wildman–Crippen LogP) is 4.94. The van der Waals surface area contributed by atoms with E-state index in [1.165, 1.54) is 5.56 Å². The molecule has 1 aromatic carbocycles. The molecule has 0 saturated carbocycles. The van der Waals surface area contributed by atoms with Gasteiger partial charge in [0.15, 0.2) is 0 Å². The maximum absolute atomic E-state index is 5.87. The van der Waals surface area contributed by atoms with E-state index in [-0.39, 0.29) is 0 Å². The molecule has 0 aliphatic heterocycles.